The highest BCUT2D eigenvalue weighted by molar-refractivity contribution is 7.13. The first-order valence-corrected chi connectivity index (χ1v) is 12.7. The highest BCUT2D eigenvalue weighted by Gasteiger charge is 2.25. The number of rotatable bonds is 6. The number of hydrogen-bond donors (Lipinski definition) is 2. The second-order valence-electron chi connectivity index (χ2n) is 9.37. The Morgan fingerprint density at radius 1 is 1.09 bits per heavy atom. The number of hydrogen-bond acceptors (Lipinski definition) is 5. The van der Waals surface area contributed by atoms with Crippen LogP contribution in [-0.2, 0) is 0 Å². The number of piperazine rings is 1. The van der Waals surface area contributed by atoms with Gasteiger partial charge in [0.15, 0.2) is 0 Å². The maximum Gasteiger partial charge on any atom is 0.267 e. The number of benzene rings is 1. The van der Waals surface area contributed by atoms with Gasteiger partial charge in [0.25, 0.3) is 5.91 Å². The molecule has 170 valence electrons. The van der Waals surface area contributed by atoms with Crippen molar-refractivity contribution >= 4 is 33.3 Å². The lowest BCUT2D eigenvalue weighted by atomic mass is 9.84. The number of nitrogens with one attached hydrogen (secondary N) is 2. The number of fused-ring (bicyclic) bond motifs is 1. The molecule has 1 amide bonds. The average molecular weight is 452 g/mol. The van der Waals surface area contributed by atoms with Gasteiger partial charge in [0.05, 0.1) is 4.70 Å². The summed E-state index contributed by atoms with van der Waals surface area (Å²) in [4.78, 5) is 20.6. The quantitative estimate of drug-likeness (QED) is 0.582. The molecule has 3 aromatic rings. The van der Waals surface area contributed by atoms with Crippen molar-refractivity contribution in [3.05, 3.63) is 47.8 Å². The van der Waals surface area contributed by atoms with Crippen molar-refractivity contribution < 1.29 is 4.79 Å². The van der Waals surface area contributed by atoms with Gasteiger partial charge in [-0.1, -0.05) is 12.1 Å². The maximum absolute atomic E-state index is 12.4. The number of amides is 1. The highest BCUT2D eigenvalue weighted by atomic mass is 32.1. The Hall–Kier alpha value is -2.38. The van der Waals surface area contributed by atoms with Crippen molar-refractivity contribution in [3.8, 4) is 0 Å². The van der Waals surface area contributed by atoms with Crippen LogP contribution in [0.2, 0.25) is 0 Å². The molecule has 0 bridgehead atoms. The van der Waals surface area contributed by atoms with Crippen LogP contribution >= 0.6 is 11.5 Å². The number of aryl methyl sites for hydroxylation is 1. The summed E-state index contributed by atoms with van der Waals surface area (Å²) in [6.45, 7) is 7.52. The number of carbonyl (C=O) groups is 1. The lowest BCUT2D eigenvalue weighted by Crippen LogP contribution is -2.47. The Bertz CT molecular complexity index is 1040. The third kappa shape index (κ3) is 4.84. The van der Waals surface area contributed by atoms with Crippen molar-refractivity contribution in [1.29, 1.82) is 0 Å². The second kappa shape index (κ2) is 9.63. The van der Waals surface area contributed by atoms with Gasteiger partial charge >= 0.3 is 0 Å². The normalized spacial score (nSPS) is 22.3. The molecule has 5 rings (SSSR count). The summed E-state index contributed by atoms with van der Waals surface area (Å²) in [6, 6.07) is 12.7. The van der Waals surface area contributed by atoms with E-state index in [9.17, 15) is 4.79 Å². The molecule has 2 aromatic heterocycles. The van der Waals surface area contributed by atoms with Gasteiger partial charge in [-0.25, -0.2) is 0 Å². The number of H-pyrrole nitrogens is 1. The molecule has 1 saturated carbocycles. The highest BCUT2D eigenvalue weighted by Crippen LogP contribution is 2.30. The van der Waals surface area contributed by atoms with Gasteiger partial charge in [-0.15, -0.1) is 0 Å². The summed E-state index contributed by atoms with van der Waals surface area (Å²) in [5, 5.41) is 4.51. The van der Waals surface area contributed by atoms with Crippen LogP contribution < -0.4 is 10.2 Å². The fraction of sp³-hybridized carbons (Fsp3) is 0.520. The SMILES string of the molecule is Cc1ccc(C(=O)NC2CCC(CCN3CCN(c4nsc5ccccc45)CC3)CC2)[nH]1. The Morgan fingerprint density at radius 3 is 2.62 bits per heavy atom. The van der Waals surface area contributed by atoms with Crippen LogP contribution in [0.1, 0.15) is 48.3 Å². The Kier molecular flexibility index (Phi) is 6.46. The van der Waals surface area contributed by atoms with E-state index in [1.54, 1.807) is 11.5 Å². The standard InChI is InChI=1S/C25H33N5OS/c1-18-6-11-22(26-18)25(31)27-20-9-7-19(8-10-20)12-13-29-14-16-30(17-15-29)24-21-4-2-3-5-23(21)32-28-24/h2-6,11,19-20,26H,7-10,12-17H2,1H3,(H,27,31). The number of aromatic amines is 1. The third-order valence-corrected chi connectivity index (χ3v) is 7.96. The van der Waals surface area contributed by atoms with Crippen LogP contribution in [-0.4, -0.2) is 58.9 Å². The number of nitrogens with zero attached hydrogens (tertiary/aromatic N) is 3. The van der Waals surface area contributed by atoms with Crippen LogP contribution in [0, 0.1) is 12.8 Å². The molecule has 2 N–H and O–H groups in total. The molecule has 1 aromatic carbocycles. The zero-order valence-corrected chi connectivity index (χ0v) is 19.7. The molecule has 2 fully saturated rings. The van der Waals surface area contributed by atoms with Crippen LogP contribution in [0.4, 0.5) is 5.82 Å². The lowest BCUT2D eigenvalue weighted by Gasteiger charge is -2.36. The molecule has 7 heteroatoms. The monoisotopic (exact) mass is 451 g/mol. The largest absolute Gasteiger partial charge is 0.355 e. The van der Waals surface area contributed by atoms with Crippen LogP contribution in [0.3, 0.4) is 0 Å². The summed E-state index contributed by atoms with van der Waals surface area (Å²) in [5.74, 6) is 1.99. The smallest absolute Gasteiger partial charge is 0.267 e. The van der Waals surface area contributed by atoms with Gasteiger partial charge in [0.2, 0.25) is 0 Å². The molecule has 6 nitrogen and oxygen atoms in total. The fourth-order valence-electron chi connectivity index (χ4n) is 5.14. The second-order valence-corrected chi connectivity index (χ2v) is 10.2. The van der Waals surface area contributed by atoms with Crippen molar-refractivity contribution in [2.24, 2.45) is 5.92 Å². The van der Waals surface area contributed by atoms with Crippen molar-refractivity contribution in [2.45, 2.75) is 45.1 Å². The van der Waals surface area contributed by atoms with E-state index in [2.05, 4.69) is 44.4 Å². The summed E-state index contributed by atoms with van der Waals surface area (Å²) in [6.07, 6.45) is 5.91. The Labute approximate surface area is 194 Å². The molecule has 0 atom stereocenters. The van der Waals surface area contributed by atoms with E-state index >= 15 is 0 Å². The molecule has 2 aliphatic rings. The maximum atomic E-state index is 12.4. The molecular formula is C25H33N5OS. The predicted molar refractivity (Wildman–Crippen MR) is 132 cm³/mol. The van der Waals surface area contributed by atoms with E-state index < -0.39 is 0 Å². The van der Waals surface area contributed by atoms with E-state index in [1.807, 2.05) is 19.1 Å². The third-order valence-electron chi connectivity index (χ3n) is 7.14. The zero-order valence-electron chi connectivity index (χ0n) is 18.8. The summed E-state index contributed by atoms with van der Waals surface area (Å²) in [5.41, 5.74) is 1.70. The fourth-order valence-corrected chi connectivity index (χ4v) is 5.94. The van der Waals surface area contributed by atoms with Crippen molar-refractivity contribution in [1.82, 2.24) is 19.6 Å². The van der Waals surface area contributed by atoms with Crippen molar-refractivity contribution in [3.63, 3.8) is 0 Å². The van der Waals surface area contributed by atoms with Gasteiger partial charge < -0.3 is 15.2 Å². The molecule has 1 aliphatic carbocycles. The molecule has 3 heterocycles. The molecule has 0 unspecified atom stereocenters. The Balaban J connectivity index is 1.03. The van der Waals surface area contributed by atoms with E-state index in [0.717, 1.165) is 50.6 Å². The first-order chi connectivity index (χ1) is 15.7. The number of carbonyl (C=O) groups excluding carboxylic acids is 1. The molecule has 1 aliphatic heterocycles. The zero-order chi connectivity index (χ0) is 21.9. The molecule has 0 spiro atoms. The van der Waals surface area contributed by atoms with Gasteiger partial charge in [0, 0.05) is 43.3 Å². The van der Waals surface area contributed by atoms with Gasteiger partial charge in [-0.2, -0.15) is 4.37 Å². The minimum Gasteiger partial charge on any atom is -0.355 e. The summed E-state index contributed by atoms with van der Waals surface area (Å²) < 4.78 is 6.01. The number of anilines is 1. The molecular weight excluding hydrogens is 418 g/mol. The van der Waals surface area contributed by atoms with Gasteiger partial charge in [-0.3, -0.25) is 9.69 Å². The number of aromatic nitrogens is 2. The Morgan fingerprint density at radius 2 is 1.88 bits per heavy atom. The van der Waals surface area contributed by atoms with Gasteiger partial charge in [-0.05, 0) is 87.3 Å². The lowest BCUT2D eigenvalue weighted by molar-refractivity contribution is 0.0915. The summed E-state index contributed by atoms with van der Waals surface area (Å²) in [7, 11) is 0. The van der Waals surface area contributed by atoms with Crippen LogP contribution in [0.25, 0.3) is 10.1 Å². The molecule has 32 heavy (non-hydrogen) atoms. The van der Waals surface area contributed by atoms with E-state index in [0.29, 0.717) is 11.7 Å². The van der Waals surface area contributed by atoms with Crippen LogP contribution in [0.5, 0.6) is 0 Å². The minimum atomic E-state index is 0.0345. The van der Waals surface area contributed by atoms with E-state index in [1.165, 1.54) is 41.7 Å². The van der Waals surface area contributed by atoms with E-state index in [4.69, 9.17) is 4.37 Å². The molecule has 1 saturated heterocycles. The predicted octanol–water partition coefficient (Wildman–Crippen LogP) is 4.43. The average Bonchev–Trinajstić information content (AvgIpc) is 3.45. The first kappa shape index (κ1) is 21.5. The topological polar surface area (TPSA) is 64.3 Å². The van der Waals surface area contributed by atoms with Crippen molar-refractivity contribution in [2.75, 3.05) is 37.6 Å². The summed E-state index contributed by atoms with van der Waals surface area (Å²) >= 11 is 1.61. The molecule has 0 radical (unpaired) electrons. The van der Waals surface area contributed by atoms with E-state index in [-0.39, 0.29) is 5.91 Å². The van der Waals surface area contributed by atoms with Crippen LogP contribution in [0.15, 0.2) is 36.4 Å². The van der Waals surface area contributed by atoms with Gasteiger partial charge in [0.1, 0.15) is 11.5 Å². The minimum absolute atomic E-state index is 0.0345. The first-order valence-electron chi connectivity index (χ1n) is 11.9.